The topological polar surface area (TPSA) is 95.2 Å². The summed E-state index contributed by atoms with van der Waals surface area (Å²) >= 11 is 0. The molecule has 7 heteroatoms. The number of likely N-dealkylation sites (N-methyl/N-ethyl adjacent to an activating group) is 1. The fourth-order valence-corrected chi connectivity index (χ4v) is 6.72. The molecule has 1 spiro atoms. The van der Waals surface area contributed by atoms with Crippen LogP contribution in [0.4, 0.5) is 0 Å². The minimum Gasteiger partial charge on any atom is -0.504 e. The maximum absolute atomic E-state index is 13.0. The van der Waals surface area contributed by atoms with Gasteiger partial charge in [-0.05, 0) is 50.3 Å². The van der Waals surface area contributed by atoms with E-state index in [1.54, 1.807) is 35.6 Å². The zero-order valence-electron chi connectivity index (χ0n) is 17.4. The summed E-state index contributed by atoms with van der Waals surface area (Å²) in [6, 6.07) is 3.52. The smallest absolute Gasteiger partial charge is 0.246 e. The van der Waals surface area contributed by atoms with Gasteiger partial charge in [0.25, 0.3) is 0 Å². The minimum absolute atomic E-state index is 0.0240. The quantitative estimate of drug-likeness (QED) is 0.520. The van der Waals surface area contributed by atoms with E-state index < -0.39 is 0 Å². The Bertz CT molecular complexity index is 1080. The molecule has 2 aromatic rings. The molecule has 1 saturated heterocycles. The largest absolute Gasteiger partial charge is 0.504 e. The first-order valence-corrected chi connectivity index (χ1v) is 11.0. The normalized spacial score (nSPS) is 32.5. The molecule has 3 heterocycles. The van der Waals surface area contributed by atoms with Crippen LogP contribution in [0.5, 0.6) is 17.2 Å². The molecule has 6 rings (SSSR count). The van der Waals surface area contributed by atoms with E-state index in [0.29, 0.717) is 18.1 Å². The zero-order valence-corrected chi connectivity index (χ0v) is 17.4. The van der Waals surface area contributed by atoms with Crippen molar-refractivity contribution in [3.8, 4) is 17.2 Å². The van der Waals surface area contributed by atoms with Gasteiger partial charge >= 0.3 is 0 Å². The van der Waals surface area contributed by atoms with Crippen molar-refractivity contribution < 1.29 is 24.2 Å². The number of piperidine rings is 1. The van der Waals surface area contributed by atoms with Crippen molar-refractivity contribution >= 4 is 12.0 Å². The summed E-state index contributed by atoms with van der Waals surface area (Å²) in [5.41, 5.74) is 2.48. The Balaban J connectivity index is 1.39. The van der Waals surface area contributed by atoms with Crippen molar-refractivity contribution in [2.75, 3.05) is 13.6 Å². The first-order chi connectivity index (χ1) is 15.0. The molecule has 0 unspecified atom stereocenters. The molecule has 1 aromatic carbocycles. The van der Waals surface area contributed by atoms with E-state index in [0.717, 1.165) is 42.5 Å². The molecular formula is C24H26N2O5. The number of nitrogens with one attached hydrogen (secondary N) is 1. The van der Waals surface area contributed by atoms with Gasteiger partial charge in [-0.25, -0.2) is 0 Å². The van der Waals surface area contributed by atoms with E-state index in [1.165, 1.54) is 0 Å². The van der Waals surface area contributed by atoms with E-state index in [4.69, 9.17) is 9.15 Å². The first-order valence-electron chi connectivity index (χ1n) is 11.0. The fourth-order valence-electron chi connectivity index (χ4n) is 6.72. The third-order valence-electron chi connectivity index (χ3n) is 8.02. The number of nitrogens with zero attached hydrogens (tertiary/aromatic N) is 1. The highest BCUT2D eigenvalue weighted by molar-refractivity contribution is 5.91. The van der Waals surface area contributed by atoms with Crippen LogP contribution in [0.2, 0.25) is 0 Å². The molecule has 1 aromatic heterocycles. The van der Waals surface area contributed by atoms with Crippen molar-refractivity contribution in [2.45, 2.75) is 49.3 Å². The highest BCUT2D eigenvalue weighted by Crippen LogP contribution is 2.63. The van der Waals surface area contributed by atoms with Gasteiger partial charge < -0.3 is 29.6 Å². The second-order valence-electron chi connectivity index (χ2n) is 9.28. The van der Waals surface area contributed by atoms with E-state index >= 15 is 0 Å². The Morgan fingerprint density at radius 1 is 1.35 bits per heavy atom. The number of hydrogen-bond donors (Lipinski definition) is 3. The van der Waals surface area contributed by atoms with E-state index in [1.807, 2.05) is 13.1 Å². The highest BCUT2D eigenvalue weighted by atomic mass is 16.5. The van der Waals surface area contributed by atoms with Crippen LogP contribution in [0.25, 0.3) is 6.08 Å². The Labute approximate surface area is 180 Å². The molecule has 2 aliphatic carbocycles. The Hall–Kier alpha value is -2.93. The lowest BCUT2D eigenvalue weighted by atomic mass is 9.51. The molecule has 2 aliphatic heterocycles. The monoisotopic (exact) mass is 422 g/mol. The van der Waals surface area contributed by atoms with Crippen molar-refractivity contribution in [1.29, 1.82) is 0 Å². The van der Waals surface area contributed by atoms with Crippen LogP contribution in [-0.2, 0) is 16.6 Å². The standard InChI is InChI=1S/C24H26N2O5/c1-26(20(28)5-2-13-6-9-30-12-13)17-4-3-15-16-10-14-21-19(11-18(27)22(14)29)31-23(17)24(15,21)7-8-25-16/h2,5-6,9,11-12,15-17,23,25,27,29H,3-4,7-8,10H2,1H3/b5-2+/t15-,16+,17+,23-,24-/m0/s1. The maximum Gasteiger partial charge on any atom is 0.246 e. The van der Waals surface area contributed by atoms with Crippen LogP contribution in [0.1, 0.15) is 36.0 Å². The lowest BCUT2D eigenvalue weighted by Gasteiger charge is -2.57. The molecule has 2 fully saturated rings. The second-order valence-corrected chi connectivity index (χ2v) is 9.28. The van der Waals surface area contributed by atoms with Crippen LogP contribution in [0.3, 0.4) is 0 Å². The SMILES string of the molecule is CN(C(=O)/C=C/c1ccoc1)[C@@H]1CC[C@H]2[C@H]3Cc4c(O)c(O)cc5c4[C@@]2(CCN3)[C@H]1O5. The zero-order chi connectivity index (χ0) is 21.3. The van der Waals surface area contributed by atoms with Crippen molar-refractivity contribution in [3.05, 3.63) is 47.4 Å². The van der Waals surface area contributed by atoms with E-state index in [9.17, 15) is 15.0 Å². The number of carbonyl (C=O) groups excluding carboxylic acids is 1. The Morgan fingerprint density at radius 3 is 3.03 bits per heavy atom. The van der Waals surface area contributed by atoms with Gasteiger partial charge in [-0.15, -0.1) is 0 Å². The molecule has 2 bridgehead atoms. The van der Waals surface area contributed by atoms with Gasteiger partial charge in [0.2, 0.25) is 5.91 Å². The van der Waals surface area contributed by atoms with Crippen LogP contribution in [0.15, 0.2) is 35.2 Å². The van der Waals surface area contributed by atoms with Gasteiger partial charge in [0.1, 0.15) is 11.9 Å². The fraction of sp³-hybridized carbons (Fsp3) is 0.458. The lowest BCUT2D eigenvalue weighted by Crippen LogP contribution is -2.68. The first kappa shape index (κ1) is 18.8. The van der Waals surface area contributed by atoms with Gasteiger partial charge in [0.05, 0.1) is 18.6 Å². The second kappa shape index (κ2) is 6.53. The van der Waals surface area contributed by atoms with Crippen LogP contribution in [-0.4, -0.2) is 52.8 Å². The summed E-state index contributed by atoms with van der Waals surface area (Å²) in [6.07, 6.45) is 9.76. The summed E-state index contributed by atoms with van der Waals surface area (Å²) in [5, 5.41) is 24.6. The number of phenolic OH excluding ortho intramolecular Hbond substituents is 2. The van der Waals surface area contributed by atoms with Gasteiger partial charge in [0, 0.05) is 47.3 Å². The highest BCUT2D eigenvalue weighted by Gasteiger charge is 2.65. The number of aromatic hydroxyl groups is 2. The van der Waals surface area contributed by atoms with Crippen molar-refractivity contribution in [2.24, 2.45) is 5.92 Å². The number of phenols is 2. The third-order valence-corrected chi connectivity index (χ3v) is 8.02. The number of furan rings is 1. The van der Waals surface area contributed by atoms with Gasteiger partial charge in [-0.1, -0.05) is 0 Å². The third kappa shape index (κ3) is 2.47. The number of rotatable bonds is 3. The average molecular weight is 422 g/mol. The van der Waals surface area contributed by atoms with Crippen molar-refractivity contribution in [3.63, 3.8) is 0 Å². The number of amides is 1. The summed E-state index contributed by atoms with van der Waals surface area (Å²) in [6.45, 7) is 0.881. The summed E-state index contributed by atoms with van der Waals surface area (Å²) in [7, 11) is 1.84. The molecule has 31 heavy (non-hydrogen) atoms. The molecular weight excluding hydrogens is 396 g/mol. The summed E-state index contributed by atoms with van der Waals surface area (Å²) in [5.74, 6) is 0.828. The number of carbonyl (C=O) groups is 1. The predicted octanol–water partition coefficient (Wildman–Crippen LogP) is 2.56. The molecule has 3 N–H and O–H groups in total. The van der Waals surface area contributed by atoms with E-state index in [-0.39, 0.29) is 41.0 Å². The maximum atomic E-state index is 13.0. The predicted molar refractivity (Wildman–Crippen MR) is 113 cm³/mol. The van der Waals surface area contributed by atoms with Crippen molar-refractivity contribution in [1.82, 2.24) is 10.2 Å². The Morgan fingerprint density at radius 2 is 2.23 bits per heavy atom. The van der Waals surface area contributed by atoms with Crippen LogP contribution >= 0.6 is 0 Å². The Kier molecular flexibility index (Phi) is 3.96. The van der Waals surface area contributed by atoms with Crippen LogP contribution < -0.4 is 10.1 Å². The van der Waals surface area contributed by atoms with Crippen LogP contribution in [0, 0.1) is 5.92 Å². The molecule has 7 nitrogen and oxygen atoms in total. The summed E-state index contributed by atoms with van der Waals surface area (Å²) < 4.78 is 11.6. The summed E-state index contributed by atoms with van der Waals surface area (Å²) in [4.78, 5) is 14.8. The number of ether oxygens (including phenoxy) is 1. The number of hydrogen-bond acceptors (Lipinski definition) is 6. The van der Waals surface area contributed by atoms with Gasteiger partial charge in [-0.2, -0.15) is 0 Å². The van der Waals surface area contributed by atoms with Gasteiger partial charge in [-0.3, -0.25) is 4.79 Å². The van der Waals surface area contributed by atoms with Gasteiger partial charge in [0.15, 0.2) is 11.5 Å². The molecule has 4 aliphatic rings. The molecule has 5 atom stereocenters. The molecule has 1 amide bonds. The molecule has 0 radical (unpaired) electrons. The van der Waals surface area contributed by atoms with E-state index in [2.05, 4.69) is 5.32 Å². The molecule has 1 saturated carbocycles. The molecule has 162 valence electrons. The lowest BCUT2D eigenvalue weighted by molar-refractivity contribution is -0.132. The number of benzene rings is 1. The average Bonchev–Trinajstić information content (AvgIpc) is 3.38. The minimum atomic E-state index is -0.240.